The minimum Gasteiger partial charge on any atom is -0.481 e. The van der Waals surface area contributed by atoms with Gasteiger partial charge in [-0.05, 0) is 67.7 Å². The van der Waals surface area contributed by atoms with Gasteiger partial charge in [0, 0.05) is 16.0 Å². The van der Waals surface area contributed by atoms with Crippen LogP contribution in [0.2, 0.25) is 0 Å². The van der Waals surface area contributed by atoms with Gasteiger partial charge in [0.15, 0.2) is 0 Å². The van der Waals surface area contributed by atoms with Crippen molar-refractivity contribution in [2.75, 3.05) is 0 Å². The Labute approximate surface area is 176 Å². The number of carbonyl (C=O) groups is 1. The minimum absolute atomic E-state index is 0.0455. The molecule has 0 saturated carbocycles. The summed E-state index contributed by atoms with van der Waals surface area (Å²) in [5.41, 5.74) is 6.62. The summed E-state index contributed by atoms with van der Waals surface area (Å²) in [5.74, 6) is -1.25. The smallest absolute Gasteiger partial charge is 0.311 e. The highest BCUT2D eigenvalue weighted by Gasteiger charge is 2.33. The van der Waals surface area contributed by atoms with Crippen molar-refractivity contribution in [1.29, 1.82) is 0 Å². The van der Waals surface area contributed by atoms with Gasteiger partial charge in [-0.25, -0.2) is 4.98 Å². The number of benzene rings is 1. The zero-order valence-corrected chi connectivity index (χ0v) is 18.5. The number of aromatic nitrogens is 1. The first-order chi connectivity index (χ1) is 13.9. The number of fused-ring (bicyclic) bond motifs is 3. The van der Waals surface area contributed by atoms with Gasteiger partial charge in [0.05, 0.1) is 5.92 Å². The summed E-state index contributed by atoms with van der Waals surface area (Å²) in [5, 5.41) is 11.4. The molecule has 1 N–H and O–H groups in total. The molecule has 0 spiro atoms. The third-order valence-electron chi connectivity index (χ3n) is 6.46. The van der Waals surface area contributed by atoms with Crippen molar-refractivity contribution < 1.29 is 9.90 Å². The maximum Gasteiger partial charge on any atom is 0.311 e. The second-order valence-electron chi connectivity index (χ2n) is 8.44. The Hall–Kier alpha value is -2.20. The summed E-state index contributed by atoms with van der Waals surface area (Å²) < 4.78 is 0. The number of thiophene rings is 1. The zero-order chi connectivity index (χ0) is 20.7. The Bertz CT molecular complexity index is 1060. The van der Waals surface area contributed by atoms with Crippen molar-refractivity contribution in [3.05, 3.63) is 51.5 Å². The van der Waals surface area contributed by atoms with E-state index in [1.807, 2.05) is 25.2 Å². The highest BCUT2D eigenvalue weighted by molar-refractivity contribution is 7.19. The molecule has 1 aromatic carbocycles. The largest absolute Gasteiger partial charge is 0.481 e. The van der Waals surface area contributed by atoms with E-state index in [0.29, 0.717) is 0 Å². The van der Waals surface area contributed by atoms with Crippen LogP contribution >= 0.6 is 11.3 Å². The molecule has 0 saturated heterocycles. The maximum atomic E-state index is 12.4. The van der Waals surface area contributed by atoms with Gasteiger partial charge in [-0.1, -0.05) is 50.1 Å². The van der Waals surface area contributed by atoms with Gasteiger partial charge in [-0.2, -0.15) is 0 Å². The Morgan fingerprint density at radius 1 is 1.17 bits per heavy atom. The first-order valence-electron chi connectivity index (χ1n) is 10.7. The number of hydrogen-bond acceptors (Lipinski definition) is 3. The second kappa shape index (κ2) is 7.91. The molecule has 4 heteroatoms. The SMILES string of the molecule is CCC(C)C(C(=O)O)c1c(C)nc2sc3c(c2c1-c1ccc(C)cc1)CCCC3. The number of aryl methyl sites for hydroxylation is 4. The third kappa shape index (κ3) is 3.48. The molecule has 29 heavy (non-hydrogen) atoms. The van der Waals surface area contributed by atoms with Gasteiger partial charge >= 0.3 is 5.97 Å². The normalized spacial score (nSPS) is 15.9. The number of carboxylic acid groups (broad SMARTS) is 1. The van der Waals surface area contributed by atoms with E-state index in [1.54, 1.807) is 0 Å². The maximum absolute atomic E-state index is 12.4. The van der Waals surface area contributed by atoms with Crippen LogP contribution in [0, 0.1) is 19.8 Å². The number of rotatable bonds is 5. The van der Waals surface area contributed by atoms with Gasteiger partial charge in [0.2, 0.25) is 0 Å². The summed E-state index contributed by atoms with van der Waals surface area (Å²) in [6, 6.07) is 8.54. The average molecular weight is 408 g/mol. The van der Waals surface area contributed by atoms with Crippen molar-refractivity contribution in [2.45, 2.75) is 65.7 Å². The second-order valence-corrected chi connectivity index (χ2v) is 9.53. The summed E-state index contributed by atoms with van der Waals surface area (Å²) in [6.45, 7) is 8.19. The number of aliphatic carboxylic acids is 1. The average Bonchev–Trinajstić information content (AvgIpc) is 3.06. The van der Waals surface area contributed by atoms with Gasteiger partial charge in [0.25, 0.3) is 0 Å². The molecular formula is C25H29NO2S. The number of hydrogen-bond donors (Lipinski definition) is 1. The number of carboxylic acids is 1. The summed E-state index contributed by atoms with van der Waals surface area (Å²) in [4.78, 5) is 19.9. The zero-order valence-electron chi connectivity index (χ0n) is 17.7. The fourth-order valence-corrected chi connectivity index (χ4v) is 6.02. The van der Waals surface area contributed by atoms with Crippen molar-refractivity contribution in [1.82, 2.24) is 4.98 Å². The molecule has 0 aliphatic heterocycles. The predicted molar refractivity (Wildman–Crippen MR) is 121 cm³/mol. The van der Waals surface area contributed by atoms with Crippen LogP contribution in [-0.2, 0) is 17.6 Å². The van der Waals surface area contributed by atoms with Gasteiger partial charge in [-0.15, -0.1) is 11.3 Å². The monoisotopic (exact) mass is 407 g/mol. The highest BCUT2D eigenvalue weighted by atomic mass is 32.1. The van der Waals surface area contributed by atoms with Crippen molar-refractivity contribution >= 4 is 27.5 Å². The molecule has 0 amide bonds. The number of pyridine rings is 1. The van der Waals surface area contributed by atoms with Crippen LogP contribution in [0.1, 0.15) is 66.3 Å². The van der Waals surface area contributed by atoms with E-state index in [4.69, 9.17) is 4.98 Å². The molecule has 0 bridgehead atoms. The molecular weight excluding hydrogens is 378 g/mol. The van der Waals surface area contributed by atoms with Crippen LogP contribution in [0.5, 0.6) is 0 Å². The summed E-state index contributed by atoms with van der Waals surface area (Å²) in [7, 11) is 0. The Kier molecular flexibility index (Phi) is 5.48. The van der Waals surface area contributed by atoms with E-state index in [1.165, 1.54) is 34.2 Å². The lowest BCUT2D eigenvalue weighted by molar-refractivity contribution is -0.140. The topological polar surface area (TPSA) is 50.2 Å². The Balaban J connectivity index is 2.11. The predicted octanol–water partition coefficient (Wildman–Crippen LogP) is 6.67. The van der Waals surface area contributed by atoms with Crippen LogP contribution in [0.3, 0.4) is 0 Å². The number of nitrogens with zero attached hydrogens (tertiary/aromatic N) is 1. The molecule has 2 heterocycles. The third-order valence-corrected chi connectivity index (χ3v) is 7.65. The minimum atomic E-state index is -0.749. The molecule has 1 aliphatic carbocycles. The lowest BCUT2D eigenvalue weighted by atomic mass is 9.79. The lowest BCUT2D eigenvalue weighted by Crippen LogP contribution is -2.21. The Morgan fingerprint density at radius 2 is 1.86 bits per heavy atom. The molecule has 3 nitrogen and oxygen atoms in total. The van der Waals surface area contributed by atoms with Crippen LogP contribution in [0.15, 0.2) is 24.3 Å². The van der Waals surface area contributed by atoms with Gasteiger partial charge in [0.1, 0.15) is 4.83 Å². The molecule has 2 aromatic heterocycles. The first kappa shape index (κ1) is 20.1. The molecule has 4 rings (SSSR count). The van der Waals surface area contributed by atoms with Crippen molar-refractivity contribution in [2.24, 2.45) is 5.92 Å². The van der Waals surface area contributed by atoms with Crippen molar-refractivity contribution in [3.63, 3.8) is 0 Å². The molecule has 1 aliphatic rings. The van der Waals surface area contributed by atoms with E-state index >= 15 is 0 Å². The van der Waals surface area contributed by atoms with Crippen LogP contribution < -0.4 is 0 Å². The van der Waals surface area contributed by atoms with E-state index < -0.39 is 11.9 Å². The first-order valence-corrected chi connectivity index (χ1v) is 11.5. The van der Waals surface area contributed by atoms with Crippen molar-refractivity contribution in [3.8, 4) is 11.1 Å². The van der Waals surface area contributed by atoms with E-state index in [-0.39, 0.29) is 5.92 Å². The molecule has 3 aromatic rings. The van der Waals surface area contributed by atoms with E-state index in [2.05, 4.69) is 38.1 Å². The highest BCUT2D eigenvalue weighted by Crippen LogP contribution is 2.46. The fourth-order valence-electron chi connectivity index (χ4n) is 4.70. The van der Waals surface area contributed by atoms with Crippen LogP contribution in [0.25, 0.3) is 21.3 Å². The Morgan fingerprint density at radius 3 is 2.52 bits per heavy atom. The van der Waals surface area contributed by atoms with E-state index in [9.17, 15) is 9.90 Å². The summed E-state index contributed by atoms with van der Waals surface area (Å²) in [6.07, 6.45) is 5.44. The van der Waals surface area contributed by atoms with Crippen LogP contribution in [0.4, 0.5) is 0 Å². The molecule has 152 valence electrons. The quantitative estimate of drug-likeness (QED) is 0.513. The molecule has 0 fully saturated rings. The molecule has 0 radical (unpaired) electrons. The summed E-state index contributed by atoms with van der Waals surface area (Å²) >= 11 is 1.81. The van der Waals surface area contributed by atoms with Crippen LogP contribution in [-0.4, -0.2) is 16.1 Å². The van der Waals surface area contributed by atoms with E-state index in [0.717, 1.165) is 46.5 Å². The van der Waals surface area contributed by atoms with Gasteiger partial charge < -0.3 is 5.11 Å². The fraction of sp³-hybridized carbons (Fsp3) is 0.440. The molecule has 2 atom stereocenters. The molecule has 2 unspecified atom stereocenters. The van der Waals surface area contributed by atoms with Gasteiger partial charge in [-0.3, -0.25) is 4.79 Å². The standard InChI is InChI=1S/C25H29NO2S/c1-5-15(3)20(25(27)28)21-16(4)26-24-23(18-8-6-7-9-19(18)29-24)22(21)17-12-10-14(2)11-13-17/h10-13,15,20H,5-9H2,1-4H3,(H,27,28). The lowest BCUT2D eigenvalue weighted by Gasteiger charge is -2.25.